The Morgan fingerprint density at radius 1 is 0.973 bits per heavy atom. The molecular formula is C26H40N4O7. The molecule has 2 atom stereocenters. The number of nitrogens with one attached hydrogen (secondary N) is 3. The van der Waals surface area contributed by atoms with E-state index in [-0.39, 0.29) is 36.8 Å². The molecule has 0 aromatic heterocycles. The summed E-state index contributed by atoms with van der Waals surface area (Å²) in [5, 5.41) is 26.5. The maximum atomic E-state index is 13.0. The monoisotopic (exact) mass is 520 g/mol. The van der Waals surface area contributed by atoms with E-state index in [2.05, 4.69) is 16.0 Å². The van der Waals surface area contributed by atoms with Gasteiger partial charge in [-0.2, -0.15) is 0 Å². The van der Waals surface area contributed by atoms with Crippen LogP contribution >= 0.6 is 0 Å². The van der Waals surface area contributed by atoms with E-state index < -0.39 is 42.3 Å². The van der Waals surface area contributed by atoms with Gasteiger partial charge in [-0.15, -0.1) is 0 Å². The number of primary amides is 1. The molecule has 0 aliphatic heterocycles. The lowest BCUT2D eigenvalue weighted by Gasteiger charge is -2.24. The molecule has 2 unspecified atom stereocenters. The molecular weight excluding hydrogens is 480 g/mol. The zero-order chi connectivity index (χ0) is 28.1. The first-order valence-electron chi connectivity index (χ1n) is 12.5. The van der Waals surface area contributed by atoms with E-state index in [1.807, 2.05) is 39.8 Å². The van der Waals surface area contributed by atoms with Crippen LogP contribution in [0.15, 0.2) is 12.1 Å². The average molecular weight is 521 g/mol. The van der Waals surface area contributed by atoms with Gasteiger partial charge in [0.2, 0.25) is 23.6 Å². The van der Waals surface area contributed by atoms with Gasteiger partial charge in [0, 0.05) is 12.8 Å². The lowest BCUT2D eigenvalue weighted by molar-refractivity contribution is -0.138. The fourth-order valence-corrected chi connectivity index (χ4v) is 3.88. The minimum Gasteiger partial charge on any atom is -0.507 e. The molecule has 37 heavy (non-hydrogen) atoms. The molecule has 0 saturated heterocycles. The van der Waals surface area contributed by atoms with E-state index >= 15 is 0 Å². The standard InChI is InChI=1S/C26H40N4O7/c1-5-6-18-13-17(12-16(4)24(18)35)7-10-22(32)29-20(11-15(2)3)26(37)30-19(8-9-21(27)31)25(36)28-14-23(33)34/h12-13,15,19-20,35H,5-11,14H2,1-4H3,(H2,27,31)(H,28,36)(H,29,32)(H,30,37)(H,33,34). The summed E-state index contributed by atoms with van der Waals surface area (Å²) in [5.41, 5.74) is 7.63. The number of aryl methyl sites for hydroxylation is 3. The van der Waals surface area contributed by atoms with Gasteiger partial charge in [-0.25, -0.2) is 0 Å². The van der Waals surface area contributed by atoms with Gasteiger partial charge >= 0.3 is 5.97 Å². The van der Waals surface area contributed by atoms with E-state index in [9.17, 15) is 29.1 Å². The SMILES string of the molecule is CCCc1cc(CCC(=O)NC(CC(C)C)C(=O)NC(CCC(N)=O)C(=O)NCC(=O)O)cc(C)c1O. The third kappa shape index (κ3) is 11.8. The molecule has 0 bridgehead atoms. The summed E-state index contributed by atoms with van der Waals surface area (Å²) >= 11 is 0. The van der Waals surface area contributed by atoms with Crippen molar-refractivity contribution in [2.24, 2.45) is 11.7 Å². The largest absolute Gasteiger partial charge is 0.507 e. The third-order valence-corrected chi connectivity index (χ3v) is 5.68. The maximum absolute atomic E-state index is 13.0. The van der Waals surface area contributed by atoms with Gasteiger partial charge in [0.15, 0.2) is 0 Å². The Hall–Kier alpha value is -3.63. The highest BCUT2D eigenvalue weighted by Gasteiger charge is 2.28. The Morgan fingerprint density at radius 3 is 2.22 bits per heavy atom. The fourth-order valence-electron chi connectivity index (χ4n) is 3.88. The first-order chi connectivity index (χ1) is 17.3. The molecule has 0 spiro atoms. The number of carbonyl (C=O) groups excluding carboxylic acids is 4. The number of rotatable bonds is 16. The topological polar surface area (TPSA) is 188 Å². The molecule has 7 N–H and O–H groups in total. The highest BCUT2D eigenvalue weighted by molar-refractivity contribution is 5.93. The van der Waals surface area contributed by atoms with Gasteiger partial charge in [-0.05, 0) is 55.2 Å². The lowest BCUT2D eigenvalue weighted by Crippen LogP contribution is -2.54. The lowest BCUT2D eigenvalue weighted by atomic mass is 9.98. The molecule has 206 valence electrons. The van der Waals surface area contributed by atoms with Gasteiger partial charge in [0.25, 0.3) is 0 Å². The number of carboxylic acid groups (broad SMARTS) is 1. The van der Waals surface area contributed by atoms with E-state index in [1.165, 1.54) is 0 Å². The first-order valence-corrected chi connectivity index (χ1v) is 12.5. The molecule has 1 aromatic rings. The van der Waals surface area contributed by atoms with Gasteiger partial charge in [0.1, 0.15) is 24.4 Å². The van der Waals surface area contributed by atoms with Crippen molar-refractivity contribution in [2.45, 2.75) is 84.7 Å². The summed E-state index contributed by atoms with van der Waals surface area (Å²) in [6.07, 6.45) is 2.11. The van der Waals surface area contributed by atoms with Crippen molar-refractivity contribution in [3.63, 3.8) is 0 Å². The van der Waals surface area contributed by atoms with Gasteiger partial charge in [-0.3, -0.25) is 24.0 Å². The fraction of sp³-hybridized carbons (Fsp3) is 0.577. The van der Waals surface area contributed by atoms with Crippen LogP contribution in [-0.2, 0) is 36.8 Å². The van der Waals surface area contributed by atoms with Gasteiger partial charge in [-0.1, -0.05) is 39.3 Å². The van der Waals surface area contributed by atoms with Crippen molar-refractivity contribution in [3.05, 3.63) is 28.8 Å². The normalized spacial score (nSPS) is 12.5. The minimum absolute atomic E-state index is 0.0392. The number of phenolic OH excluding ortho intramolecular Hbond substituents is 1. The van der Waals surface area contributed by atoms with Crippen LogP contribution in [0.1, 0.15) is 69.6 Å². The second-order valence-corrected chi connectivity index (χ2v) is 9.60. The molecule has 0 saturated carbocycles. The van der Waals surface area contributed by atoms with Crippen LogP contribution in [0.4, 0.5) is 0 Å². The highest BCUT2D eigenvalue weighted by Crippen LogP contribution is 2.25. The zero-order valence-electron chi connectivity index (χ0n) is 22.1. The van der Waals surface area contributed by atoms with Crippen LogP contribution in [-0.4, -0.2) is 58.4 Å². The molecule has 0 aliphatic rings. The van der Waals surface area contributed by atoms with Crippen LogP contribution in [0.25, 0.3) is 0 Å². The van der Waals surface area contributed by atoms with E-state index in [0.717, 1.165) is 29.5 Å². The predicted molar refractivity (Wildman–Crippen MR) is 138 cm³/mol. The van der Waals surface area contributed by atoms with Crippen LogP contribution in [0.3, 0.4) is 0 Å². The number of phenols is 1. The predicted octanol–water partition coefficient (Wildman–Crippen LogP) is 1.07. The number of carbonyl (C=O) groups is 5. The second-order valence-electron chi connectivity index (χ2n) is 9.60. The number of nitrogens with two attached hydrogens (primary N) is 1. The Balaban J connectivity index is 2.90. The summed E-state index contributed by atoms with van der Waals surface area (Å²) in [6.45, 7) is 6.94. The van der Waals surface area contributed by atoms with E-state index in [1.54, 1.807) is 0 Å². The molecule has 0 fully saturated rings. The summed E-state index contributed by atoms with van der Waals surface area (Å²) < 4.78 is 0. The molecule has 1 rings (SSSR count). The molecule has 4 amide bonds. The Labute approximate surface area is 217 Å². The van der Waals surface area contributed by atoms with Crippen LogP contribution in [0.2, 0.25) is 0 Å². The Kier molecular flexibility index (Phi) is 13.1. The number of benzene rings is 1. The molecule has 0 radical (unpaired) electrons. The number of hydrogen-bond acceptors (Lipinski definition) is 6. The highest BCUT2D eigenvalue weighted by atomic mass is 16.4. The summed E-state index contributed by atoms with van der Waals surface area (Å²) in [6, 6.07) is 1.59. The molecule has 1 aromatic carbocycles. The smallest absolute Gasteiger partial charge is 0.322 e. The van der Waals surface area contributed by atoms with Crippen molar-refractivity contribution in [3.8, 4) is 5.75 Å². The summed E-state index contributed by atoms with van der Waals surface area (Å²) in [5.74, 6) is -3.37. The number of amides is 4. The number of aliphatic carboxylic acids is 1. The number of carboxylic acids is 1. The van der Waals surface area contributed by atoms with Crippen molar-refractivity contribution in [1.29, 1.82) is 0 Å². The summed E-state index contributed by atoms with van der Waals surface area (Å²) in [7, 11) is 0. The Morgan fingerprint density at radius 2 is 1.65 bits per heavy atom. The second kappa shape index (κ2) is 15.5. The van der Waals surface area contributed by atoms with Crippen molar-refractivity contribution >= 4 is 29.6 Å². The van der Waals surface area contributed by atoms with Crippen molar-refractivity contribution in [1.82, 2.24) is 16.0 Å². The molecule has 0 heterocycles. The number of aromatic hydroxyl groups is 1. The van der Waals surface area contributed by atoms with E-state index in [0.29, 0.717) is 12.8 Å². The van der Waals surface area contributed by atoms with Crippen molar-refractivity contribution in [2.75, 3.05) is 6.54 Å². The zero-order valence-corrected chi connectivity index (χ0v) is 22.1. The Bertz CT molecular complexity index is 978. The first kappa shape index (κ1) is 31.4. The minimum atomic E-state index is -1.26. The van der Waals surface area contributed by atoms with Gasteiger partial charge < -0.3 is 31.9 Å². The molecule has 0 aliphatic carbocycles. The van der Waals surface area contributed by atoms with Crippen LogP contribution in [0, 0.1) is 12.8 Å². The van der Waals surface area contributed by atoms with Gasteiger partial charge in [0.05, 0.1) is 0 Å². The van der Waals surface area contributed by atoms with Crippen LogP contribution in [0.5, 0.6) is 5.75 Å². The quantitative estimate of drug-likeness (QED) is 0.188. The molecule has 11 nitrogen and oxygen atoms in total. The maximum Gasteiger partial charge on any atom is 0.322 e. The summed E-state index contributed by atoms with van der Waals surface area (Å²) in [4.78, 5) is 60.1. The average Bonchev–Trinajstić information content (AvgIpc) is 2.80. The van der Waals surface area contributed by atoms with Crippen molar-refractivity contribution < 1.29 is 34.2 Å². The third-order valence-electron chi connectivity index (χ3n) is 5.68. The number of hydrogen-bond donors (Lipinski definition) is 6. The van der Waals surface area contributed by atoms with Crippen LogP contribution < -0.4 is 21.7 Å². The van der Waals surface area contributed by atoms with E-state index in [4.69, 9.17) is 10.8 Å². The molecule has 11 heteroatoms.